The maximum Gasteiger partial charge on any atom is 0.0300 e. The van der Waals surface area contributed by atoms with Crippen molar-refractivity contribution in [2.45, 2.75) is 25.8 Å². The Bertz CT molecular complexity index is 465. The van der Waals surface area contributed by atoms with E-state index in [1.807, 2.05) is 12.3 Å². The van der Waals surface area contributed by atoms with Gasteiger partial charge in [-0.3, -0.25) is 4.98 Å². The number of aromatic nitrogens is 1. The van der Waals surface area contributed by atoms with Crippen LogP contribution in [0.5, 0.6) is 0 Å². The molecule has 0 spiro atoms. The summed E-state index contributed by atoms with van der Waals surface area (Å²) in [6, 6.07) is 12.7. The Hall–Kier alpha value is -1.67. The summed E-state index contributed by atoms with van der Waals surface area (Å²) in [5.41, 5.74) is 9.96. The van der Waals surface area contributed by atoms with Gasteiger partial charge in [-0.15, -0.1) is 0 Å². The second-order valence-corrected chi connectivity index (χ2v) is 4.52. The first-order chi connectivity index (χ1) is 8.24. The monoisotopic (exact) mass is 226 g/mol. The topological polar surface area (TPSA) is 38.9 Å². The van der Waals surface area contributed by atoms with Gasteiger partial charge in [0.05, 0.1) is 0 Å². The van der Waals surface area contributed by atoms with Crippen LogP contribution >= 0.6 is 0 Å². The van der Waals surface area contributed by atoms with Crippen LogP contribution in [-0.2, 0) is 12.8 Å². The molecule has 0 amide bonds. The minimum absolute atomic E-state index is 0.154. The molecule has 0 fully saturated rings. The standard InChI is InChI=1S/C15H18N2/c1-12-4-2-5-13(8-12)9-15(16)10-14-6-3-7-17-11-14/h2-8,11,15H,9-10,16H2,1H3. The lowest BCUT2D eigenvalue weighted by Gasteiger charge is -2.11. The molecule has 2 rings (SSSR count). The van der Waals surface area contributed by atoms with E-state index in [0.29, 0.717) is 0 Å². The van der Waals surface area contributed by atoms with Gasteiger partial charge in [-0.2, -0.15) is 0 Å². The van der Waals surface area contributed by atoms with Crippen molar-refractivity contribution in [3.05, 3.63) is 65.5 Å². The largest absolute Gasteiger partial charge is 0.327 e. The van der Waals surface area contributed by atoms with Gasteiger partial charge in [-0.1, -0.05) is 35.9 Å². The number of nitrogens with zero attached hydrogens (tertiary/aromatic N) is 1. The molecule has 88 valence electrons. The number of aryl methyl sites for hydroxylation is 1. The summed E-state index contributed by atoms with van der Waals surface area (Å²) in [4.78, 5) is 4.10. The molecule has 1 atom stereocenters. The fourth-order valence-corrected chi connectivity index (χ4v) is 2.04. The van der Waals surface area contributed by atoms with Crippen molar-refractivity contribution in [2.75, 3.05) is 0 Å². The molecular formula is C15H18N2. The van der Waals surface area contributed by atoms with Gasteiger partial charge in [0, 0.05) is 18.4 Å². The highest BCUT2D eigenvalue weighted by Gasteiger charge is 2.05. The second kappa shape index (κ2) is 5.60. The van der Waals surface area contributed by atoms with Crippen LogP contribution in [0, 0.1) is 6.92 Å². The molecule has 17 heavy (non-hydrogen) atoms. The summed E-state index contributed by atoms with van der Waals surface area (Å²) in [5.74, 6) is 0. The van der Waals surface area contributed by atoms with Gasteiger partial charge in [-0.25, -0.2) is 0 Å². The zero-order valence-electron chi connectivity index (χ0n) is 10.1. The third kappa shape index (κ3) is 3.68. The van der Waals surface area contributed by atoms with E-state index in [0.717, 1.165) is 12.8 Å². The highest BCUT2D eigenvalue weighted by molar-refractivity contribution is 5.23. The lowest BCUT2D eigenvalue weighted by Crippen LogP contribution is -2.25. The van der Waals surface area contributed by atoms with Crippen molar-refractivity contribution in [1.29, 1.82) is 0 Å². The predicted octanol–water partition coefficient (Wildman–Crippen LogP) is 2.50. The van der Waals surface area contributed by atoms with Crippen LogP contribution in [0.15, 0.2) is 48.8 Å². The Morgan fingerprint density at radius 2 is 1.88 bits per heavy atom. The van der Waals surface area contributed by atoms with E-state index in [9.17, 15) is 0 Å². The lowest BCUT2D eigenvalue weighted by atomic mass is 10.00. The van der Waals surface area contributed by atoms with E-state index in [1.165, 1.54) is 16.7 Å². The smallest absolute Gasteiger partial charge is 0.0300 e. The van der Waals surface area contributed by atoms with E-state index < -0.39 is 0 Å². The van der Waals surface area contributed by atoms with E-state index in [1.54, 1.807) is 6.20 Å². The Morgan fingerprint density at radius 1 is 1.12 bits per heavy atom. The molecule has 2 nitrogen and oxygen atoms in total. The zero-order chi connectivity index (χ0) is 12.1. The van der Waals surface area contributed by atoms with Crippen LogP contribution < -0.4 is 5.73 Å². The van der Waals surface area contributed by atoms with E-state index in [2.05, 4.69) is 42.2 Å². The van der Waals surface area contributed by atoms with Crippen molar-refractivity contribution in [2.24, 2.45) is 5.73 Å². The van der Waals surface area contributed by atoms with Crippen LogP contribution in [0.25, 0.3) is 0 Å². The number of nitrogens with two attached hydrogens (primary N) is 1. The number of hydrogen-bond acceptors (Lipinski definition) is 2. The molecule has 0 aliphatic carbocycles. The van der Waals surface area contributed by atoms with E-state index in [4.69, 9.17) is 5.73 Å². The summed E-state index contributed by atoms with van der Waals surface area (Å²) in [6.45, 7) is 2.11. The van der Waals surface area contributed by atoms with Crippen LogP contribution in [0.3, 0.4) is 0 Å². The van der Waals surface area contributed by atoms with Gasteiger partial charge >= 0.3 is 0 Å². The van der Waals surface area contributed by atoms with Gasteiger partial charge < -0.3 is 5.73 Å². The molecule has 0 saturated carbocycles. The first kappa shape index (κ1) is 11.8. The third-order valence-electron chi connectivity index (χ3n) is 2.80. The summed E-state index contributed by atoms with van der Waals surface area (Å²) in [6.07, 6.45) is 5.46. The van der Waals surface area contributed by atoms with Gasteiger partial charge in [-0.05, 0) is 37.0 Å². The molecule has 0 radical (unpaired) electrons. The highest BCUT2D eigenvalue weighted by Crippen LogP contribution is 2.09. The fraction of sp³-hybridized carbons (Fsp3) is 0.267. The molecule has 0 aliphatic rings. The summed E-state index contributed by atoms with van der Waals surface area (Å²) in [5, 5.41) is 0. The highest BCUT2D eigenvalue weighted by atomic mass is 14.6. The first-order valence-electron chi connectivity index (χ1n) is 5.94. The maximum absolute atomic E-state index is 6.16. The van der Waals surface area contributed by atoms with E-state index in [-0.39, 0.29) is 6.04 Å². The van der Waals surface area contributed by atoms with Crippen molar-refractivity contribution < 1.29 is 0 Å². The molecule has 2 aromatic rings. The normalized spacial score (nSPS) is 12.4. The quantitative estimate of drug-likeness (QED) is 0.870. The van der Waals surface area contributed by atoms with Crippen LogP contribution in [-0.4, -0.2) is 11.0 Å². The average molecular weight is 226 g/mol. The second-order valence-electron chi connectivity index (χ2n) is 4.52. The van der Waals surface area contributed by atoms with E-state index >= 15 is 0 Å². The Balaban J connectivity index is 1.96. The lowest BCUT2D eigenvalue weighted by molar-refractivity contribution is 0.663. The number of hydrogen-bond donors (Lipinski definition) is 1. The molecule has 1 heterocycles. The number of pyridine rings is 1. The number of benzene rings is 1. The van der Waals surface area contributed by atoms with Crippen molar-refractivity contribution in [3.8, 4) is 0 Å². The Labute approximate surface area is 103 Å². The molecule has 0 bridgehead atoms. The van der Waals surface area contributed by atoms with Gasteiger partial charge in [0.15, 0.2) is 0 Å². The van der Waals surface area contributed by atoms with Crippen molar-refractivity contribution >= 4 is 0 Å². The van der Waals surface area contributed by atoms with Gasteiger partial charge in [0.2, 0.25) is 0 Å². The average Bonchev–Trinajstić information content (AvgIpc) is 2.30. The van der Waals surface area contributed by atoms with Crippen LogP contribution in [0.1, 0.15) is 16.7 Å². The van der Waals surface area contributed by atoms with Crippen LogP contribution in [0.4, 0.5) is 0 Å². The van der Waals surface area contributed by atoms with Crippen molar-refractivity contribution in [3.63, 3.8) is 0 Å². The fourth-order valence-electron chi connectivity index (χ4n) is 2.04. The Kier molecular flexibility index (Phi) is 3.89. The molecule has 0 saturated heterocycles. The van der Waals surface area contributed by atoms with Crippen LogP contribution in [0.2, 0.25) is 0 Å². The van der Waals surface area contributed by atoms with Gasteiger partial charge in [0.25, 0.3) is 0 Å². The number of rotatable bonds is 4. The SMILES string of the molecule is Cc1cccc(CC(N)Cc2cccnc2)c1. The molecule has 1 aromatic heterocycles. The summed E-state index contributed by atoms with van der Waals surface area (Å²) in [7, 11) is 0. The summed E-state index contributed by atoms with van der Waals surface area (Å²) < 4.78 is 0. The molecule has 1 unspecified atom stereocenters. The minimum Gasteiger partial charge on any atom is -0.327 e. The molecule has 1 aromatic carbocycles. The summed E-state index contributed by atoms with van der Waals surface area (Å²) >= 11 is 0. The third-order valence-corrected chi connectivity index (χ3v) is 2.80. The maximum atomic E-state index is 6.16. The Morgan fingerprint density at radius 3 is 2.59 bits per heavy atom. The zero-order valence-corrected chi connectivity index (χ0v) is 10.1. The molecule has 0 aliphatic heterocycles. The van der Waals surface area contributed by atoms with Crippen molar-refractivity contribution in [1.82, 2.24) is 4.98 Å². The minimum atomic E-state index is 0.154. The molecular weight excluding hydrogens is 208 g/mol. The molecule has 2 N–H and O–H groups in total. The van der Waals surface area contributed by atoms with Gasteiger partial charge in [0.1, 0.15) is 0 Å². The predicted molar refractivity (Wildman–Crippen MR) is 70.8 cm³/mol. The first-order valence-corrected chi connectivity index (χ1v) is 5.94. The molecule has 2 heteroatoms.